The average molecular weight is 706 g/mol. The van der Waals surface area contributed by atoms with Gasteiger partial charge in [-0.1, -0.05) is 77.7 Å². The number of rotatable bonds is 22. The SMILES string of the molecule is CC/C=C\CCCC.CC/C=C\CCCC.O=C(CCN(CCCn1ccnc1)CCC(=O)OCC[Se])OCC[Se]. The van der Waals surface area contributed by atoms with Crippen molar-refractivity contribution < 1.29 is 19.1 Å². The Morgan fingerprint density at radius 1 is 0.780 bits per heavy atom. The number of carbonyl (C=O) groups excluding carboxylic acids is 2. The third-order valence-electron chi connectivity index (χ3n) is 5.66. The number of imidazole rings is 1. The Kier molecular flexibility index (Phi) is 35.5. The Labute approximate surface area is 267 Å². The Hall–Kier alpha value is -1.37. The molecule has 1 rings (SSSR count). The zero-order chi connectivity index (χ0) is 30.8. The minimum absolute atomic E-state index is 0.209. The topological polar surface area (TPSA) is 73.7 Å². The molecule has 0 aliphatic carbocycles. The molecule has 1 aromatic heterocycles. The number of hydrogen-bond donors (Lipinski definition) is 0. The zero-order valence-electron chi connectivity index (χ0n) is 26.3. The van der Waals surface area contributed by atoms with Crippen LogP contribution >= 0.6 is 0 Å². The molecule has 41 heavy (non-hydrogen) atoms. The molecule has 0 aliphatic heterocycles. The van der Waals surface area contributed by atoms with E-state index in [1.165, 1.54) is 51.4 Å². The van der Waals surface area contributed by atoms with E-state index in [9.17, 15) is 9.59 Å². The summed E-state index contributed by atoms with van der Waals surface area (Å²) in [6.45, 7) is 12.4. The number of carbonyl (C=O) groups is 2. The van der Waals surface area contributed by atoms with Crippen molar-refractivity contribution >= 4 is 44.0 Å². The first-order valence-electron chi connectivity index (χ1n) is 15.4. The van der Waals surface area contributed by atoms with Crippen molar-refractivity contribution in [1.29, 1.82) is 0 Å². The summed E-state index contributed by atoms with van der Waals surface area (Å²) in [4.78, 5) is 29.5. The molecule has 1 heterocycles. The van der Waals surface area contributed by atoms with Gasteiger partial charge in [-0.2, -0.15) is 0 Å². The fourth-order valence-corrected chi connectivity index (χ4v) is 3.75. The van der Waals surface area contributed by atoms with Gasteiger partial charge >= 0.3 is 154 Å². The molecule has 0 saturated carbocycles. The maximum absolute atomic E-state index is 11.7. The molecule has 0 atom stereocenters. The molecule has 0 aromatic carbocycles. The van der Waals surface area contributed by atoms with E-state index < -0.39 is 0 Å². The van der Waals surface area contributed by atoms with Gasteiger partial charge in [-0.3, -0.25) is 0 Å². The maximum atomic E-state index is 11.7. The molecule has 236 valence electrons. The Bertz CT molecular complexity index is 701. The van der Waals surface area contributed by atoms with Crippen LogP contribution in [-0.2, 0) is 25.6 Å². The van der Waals surface area contributed by atoms with Crippen molar-refractivity contribution in [3.05, 3.63) is 43.0 Å². The monoisotopic (exact) mass is 707 g/mol. The summed E-state index contributed by atoms with van der Waals surface area (Å²) >= 11 is 5.61. The third kappa shape index (κ3) is 33.0. The van der Waals surface area contributed by atoms with Gasteiger partial charge < -0.3 is 0 Å². The number of nitrogens with zero attached hydrogens (tertiary/aromatic N) is 3. The number of ether oxygens (including phenoxy) is 2. The summed E-state index contributed by atoms with van der Waals surface area (Å²) in [6, 6.07) is 0. The average Bonchev–Trinajstić information content (AvgIpc) is 3.51. The zero-order valence-corrected chi connectivity index (χ0v) is 29.7. The van der Waals surface area contributed by atoms with Crippen LogP contribution < -0.4 is 0 Å². The molecule has 0 unspecified atom stereocenters. The molecule has 0 bridgehead atoms. The van der Waals surface area contributed by atoms with Gasteiger partial charge in [0.1, 0.15) is 0 Å². The summed E-state index contributed by atoms with van der Waals surface area (Å²) in [5.41, 5.74) is 0. The van der Waals surface area contributed by atoms with Gasteiger partial charge in [0, 0.05) is 6.20 Å². The van der Waals surface area contributed by atoms with Gasteiger partial charge in [0.15, 0.2) is 0 Å². The van der Waals surface area contributed by atoms with E-state index in [1.54, 1.807) is 12.5 Å². The molecule has 2 radical (unpaired) electrons. The van der Waals surface area contributed by atoms with Crippen LogP contribution in [0.1, 0.15) is 98.3 Å². The summed E-state index contributed by atoms with van der Waals surface area (Å²) in [6.07, 6.45) is 26.2. The van der Waals surface area contributed by atoms with Crippen LogP contribution in [0.25, 0.3) is 0 Å². The van der Waals surface area contributed by atoms with Crippen LogP contribution in [0, 0.1) is 0 Å². The number of esters is 2. The first-order chi connectivity index (χ1) is 20.0. The molecular formula is C32H57N3O4Se2. The molecule has 0 saturated heterocycles. The first kappa shape index (κ1) is 41.8. The van der Waals surface area contributed by atoms with Crippen LogP contribution in [0.15, 0.2) is 43.0 Å². The summed E-state index contributed by atoms with van der Waals surface area (Å²) < 4.78 is 12.2. The Morgan fingerprint density at radius 3 is 1.68 bits per heavy atom. The van der Waals surface area contributed by atoms with Gasteiger partial charge in [0.2, 0.25) is 0 Å². The van der Waals surface area contributed by atoms with Gasteiger partial charge in [0.05, 0.1) is 0 Å². The van der Waals surface area contributed by atoms with E-state index in [0.29, 0.717) is 49.8 Å². The van der Waals surface area contributed by atoms with Crippen LogP contribution in [0.4, 0.5) is 0 Å². The summed E-state index contributed by atoms with van der Waals surface area (Å²) in [7, 11) is 0. The van der Waals surface area contributed by atoms with E-state index in [1.807, 2.05) is 10.8 Å². The van der Waals surface area contributed by atoms with E-state index in [4.69, 9.17) is 9.47 Å². The van der Waals surface area contributed by atoms with Gasteiger partial charge in [-0.05, 0) is 25.7 Å². The van der Waals surface area contributed by atoms with Gasteiger partial charge in [-0.15, -0.1) is 0 Å². The van der Waals surface area contributed by atoms with Crippen molar-refractivity contribution in [2.24, 2.45) is 0 Å². The molecule has 0 fully saturated rings. The second kappa shape index (κ2) is 34.8. The molecule has 0 spiro atoms. The van der Waals surface area contributed by atoms with Crippen LogP contribution in [0.5, 0.6) is 0 Å². The predicted octanol–water partition coefficient (Wildman–Crippen LogP) is 6.90. The molecule has 0 aliphatic rings. The van der Waals surface area contributed by atoms with Gasteiger partial charge in [0.25, 0.3) is 0 Å². The van der Waals surface area contributed by atoms with Crippen molar-refractivity contribution in [1.82, 2.24) is 14.5 Å². The number of unbranched alkanes of at least 4 members (excludes halogenated alkanes) is 4. The molecule has 0 amide bonds. The summed E-state index contributed by atoms with van der Waals surface area (Å²) in [5.74, 6) is -0.419. The first-order valence-corrected chi connectivity index (χ1v) is 17.9. The van der Waals surface area contributed by atoms with E-state index in [2.05, 4.69) is 93.9 Å². The third-order valence-corrected chi connectivity index (χ3v) is 6.36. The van der Waals surface area contributed by atoms with E-state index in [0.717, 1.165) is 19.5 Å². The molecule has 7 nitrogen and oxygen atoms in total. The van der Waals surface area contributed by atoms with Crippen molar-refractivity contribution in [3.8, 4) is 0 Å². The molecule has 1 aromatic rings. The van der Waals surface area contributed by atoms with E-state index in [-0.39, 0.29) is 11.9 Å². The van der Waals surface area contributed by atoms with Gasteiger partial charge in [-0.25, -0.2) is 4.98 Å². The number of allylic oxidation sites excluding steroid dienone is 4. The van der Waals surface area contributed by atoms with E-state index >= 15 is 0 Å². The number of hydrogen-bond acceptors (Lipinski definition) is 6. The van der Waals surface area contributed by atoms with Crippen LogP contribution in [-0.4, -0.2) is 91.3 Å². The fraction of sp³-hybridized carbons (Fsp3) is 0.719. The normalized spacial score (nSPS) is 10.8. The Balaban J connectivity index is 0. The predicted molar refractivity (Wildman–Crippen MR) is 173 cm³/mol. The second-order valence-corrected chi connectivity index (χ2v) is 11.1. The molecular weight excluding hydrogens is 648 g/mol. The number of aromatic nitrogens is 2. The Morgan fingerprint density at radius 2 is 1.29 bits per heavy atom. The van der Waals surface area contributed by atoms with Crippen molar-refractivity contribution in [3.63, 3.8) is 0 Å². The minimum atomic E-state index is -0.209. The van der Waals surface area contributed by atoms with Crippen molar-refractivity contribution in [2.75, 3.05) is 32.8 Å². The van der Waals surface area contributed by atoms with Crippen LogP contribution in [0.2, 0.25) is 10.6 Å². The second-order valence-electron chi connectivity index (χ2n) is 9.39. The standard InChI is InChI=1S/C16H25N3O4Se2.2C8H16/c20-15(22-10-12-24)2-7-18(8-3-16(21)23-11-13-25)5-1-6-19-9-4-17-14-19;2*1-3-5-7-8-6-4-2/h4,9,14H,1-3,5-8,10-13H2;2*5,7H,3-4,6,8H2,1-2H3/b;2*7-5-. The van der Waals surface area contributed by atoms with Crippen molar-refractivity contribution in [2.45, 2.75) is 116 Å². The van der Waals surface area contributed by atoms with Crippen LogP contribution in [0.3, 0.4) is 0 Å². The number of aryl methyl sites for hydroxylation is 1. The molecule has 9 heteroatoms. The summed E-state index contributed by atoms with van der Waals surface area (Å²) in [5, 5.41) is 1.39. The quantitative estimate of drug-likeness (QED) is 0.0566. The fourth-order valence-electron chi connectivity index (χ4n) is 3.40. The molecule has 0 N–H and O–H groups in total.